The number of primary sulfonamides is 1. The Kier molecular flexibility index (Phi) is 5.28. The summed E-state index contributed by atoms with van der Waals surface area (Å²) >= 11 is 0. The summed E-state index contributed by atoms with van der Waals surface area (Å²) in [6.07, 6.45) is -4.68. The molecule has 29 heavy (non-hydrogen) atoms. The maximum atomic E-state index is 13.3. The van der Waals surface area contributed by atoms with Crippen LogP contribution in [0.4, 0.5) is 13.2 Å². The summed E-state index contributed by atoms with van der Waals surface area (Å²) in [6.45, 7) is 0. The number of benzene rings is 2. The first-order chi connectivity index (χ1) is 13.5. The van der Waals surface area contributed by atoms with E-state index < -0.39 is 21.9 Å². The first-order valence-electron chi connectivity index (χ1n) is 8.07. The smallest absolute Gasteiger partial charge is 0.435 e. The molecule has 0 bridgehead atoms. The maximum absolute atomic E-state index is 13.3. The van der Waals surface area contributed by atoms with Gasteiger partial charge in [-0.15, -0.1) is 0 Å². The van der Waals surface area contributed by atoms with Gasteiger partial charge in [-0.25, -0.2) is 18.2 Å². The molecule has 11 heteroatoms. The Bertz CT molecular complexity index is 1140. The molecule has 7 nitrogen and oxygen atoms in total. The lowest BCUT2D eigenvalue weighted by atomic mass is 10.1. The summed E-state index contributed by atoms with van der Waals surface area (Å²) in [5, 5.41) is 8.73. The lowest BCUT2D eigenvalue weighted by Gasteiger charge is -2.12. The number of hydrogen-bond donors (Lipinski definition) is 1. The summed E-state index contributed by atoms with van der Waals surface area (Å²) in [4.78, 5) is -0.173. The first kappa shape index (κ1) is 20.7. The van der Waals surface area contributed by atoms with E-state index in [4.69, 9.17) is 14.6 Å². The van der Waals surface area contributed by atoms with Gasteiger partial charge in [-0.05, 0) is 42.5 Å². The van der Waals surface area contributed by atoms with Crippen LogP contribution in [0.5, 0.6) is 11.5 Å². The number of nitrogens with two attached hydrogens (primary N) is 1. The number of nitrogens with zero attached hydrogens (tertiary/aromatic N) is 2. The minimum absolute atomic E-state index is 0.0974. The van der Waals surface area contributed by atoms with Gasteiger partial charge in [-0.1, -0.05) is 0 Å². The third-order valence-electron chi connectivity index (χ3n) is 4.09. The summed E-state index contributed by atoms with van der Waals surface area (Å²) in [5.41, 5.74) is -0.464. The van der Waals surface area contributed by atoms with Crippen LogP contribution in [0.15, 0.2) is 53.4 Å². The molecule has 3 aromatic rings. The summed E-state index contributed by atoms with van der Waals surface area (Å²) in [7, 11) is -1.11. The molecule has 3 rings (SSSR count). The van der Waals surface area contributed by atoms with Gasteiger partial charge in [0.1, 0.15) is 11.5 Å². The van der Waals surface area contributed by atoms with E-state index in [-0.39, 0.29) is 22.0 Å². The Morgan fingerprint density at radius 2 is 1.66 bits per heavy atom. The molecule has 0 fully saturated rings. The largest absolute Gasteiger partial charge is 0.497 e. The molecule has 0 spiro atoms. The van der Waals surface area contributed by atoms with Gasteiger partial charge < -0.3 is 9.47 Å². The lowest BCUT2D eigenvalue weighted by molar-refractivity contribution is -0.141. The second-order valence-electron chi connectivity index (χ2n) is 5.93. The molecule has 0 radical (unpaired) electrons. The van der Waals surface area contributed by atoms with Crippen LogP contribution in [-0.4, -0.2) is 32.4 Å². The van der Waals surface area contributed by atoms with E-state index in [1.54, 1.807) is 12.1 Å². The van der Waals surface area contributed by atoms with Crippen LogP contribution in [0.1, 0.15) is 5.69 Å². The molecule has 0 saturated heterocycles. The summed E-state index contributed by atoms with van der Waals surface area (Å²) < 4.78 is 74.3. The normalized spacial score (nSPS) is 12.1. The van der Waals surface area contributed by atoms with Crippen LogP contribution in [0, 0.1) is 0 Å². The third kappa shape index (κ3) is 4.20. The van der Waals surface area contributed by atoms with Crippen LogP contribution in [0.3, 0.4) is 0 Å². The number of rotatable bonds is 5. The van der Waals surface area contributed by atoms with Gasteiger partial charge in [-0.2, -0.15) is 18.3 Å². The molecule has 2 N–H and O–H groups in total. The van der Waals surface area contributed by atoms with Crippen molar-refractivity contribution in [1.82, 2.24) is 9.78 Å². The molecule has 2 aromatic carbocycles. The predicted molar refractivity (Wildman–Crippen MR) is 98.5 cm³/mol. The second-order valence-corrected chi connectivity index (χ2v) is 7.49. The number of ether oxygens (including phenoxy) is 2. The van der Waals surface area contributed by atoms with Crippen LogP contribution in [0.25, 0.3) is 16.9 Å². The highest BCUT2D eigenvalue weighted by Crippen LogP contribution is 2.38. The van der Waals surface area contributed by atoms with Crippen molar-refractivity contribution in [3.8, 4) is 28.4 Å². The van der Waals surface area contributed by atoms with Crippen molar-refractivity contribution in [2.45, 2.75) is 11.1 Å². The molecule has 0 atom stereocenters. The van der Waals surface area contributed by atoms with Crippen LogP contribution < -0.4 is 14.6 Å². The number of halogens is 3. The van der Waals surface area contributed by atoms with Crippen LogP contribution >= 0.6 is 0 Å². The van der Waals surface area contributed by atoms with Gasteiger partial charge >= 0.3 is 6.18 Å². The van der Waals surface area contributed by atoms with Gasteiger partial charge in [0.15, 0.2) is 5.69 Å². The Morgan fingerprint density at radius 1 is 1.00 bits per heavy atom. The summed E-state index contributed by atoms with van der Waals surface area (Å²) in [5.74, 6) is 0.741. The minimum atomic E-state index is -4.68. The fraction of sp³-hybridized carbons (Fsp3) is 0.167. The van der Waals surface area contributed by atoms with Gasteiger partial charge in [-0.3, -0.25) is 0 Å². The van der Waals surface area contributed by atoms with Crippen LogP contribution in [-0.2, 0) is 16.2 Å². The SMILES string of the molecule is COc1ccc(-c2cc(C(F)(F)F)nn2-c2ccc(S(N)(=O)=O)cc2)c(OC)c1. The van der Waals surface area contributed by atoms with E-state index in [9.17, 15) is 21.6 Å². The van der Waals surface area contributed by atoms with Crippen molar-refractivity contribution in [3.63, 3.8) is 0 Å². The molecule has 0 aliphatic carbocycles. The molecule has 0 aliphatic heterocycles. The lowest BCUT2D eigenvalue weighted by Crippen LogP contribution is -2.12. The number of alkyl halides is 3. The molecule has 154 valence electrons. The Hall–Kier alpha value is -3.05. The van der Waals surface area contributed by atoms with E-state index in [0.29, 0.717) is 11.3 Å². The molecule has 0 unspecified atom stereocenters. The topological polar surface area (TPSA) is 96.4 Å². The van der Waals surface area contributed by atoms with Gasteiger partial charge in [0, 0.05) is 11.6 Å². The van der Waals surface area contributed by atoms with E-state index >= 15 is 0 Å². The average Bonchev–Trinajstić information content (AvgIpc) is 3.12. The molecule has 0 aliphatic rings. The predicted octanol–water partition coefficient (Wildman–Crippen LogP) is 3.22. The van der Waals surface area contributed by atoms with Gasteiger partial charge in [0.05, 0.1) is 30.5 Å². The molecule has 1 aromatic heterocycles. The number of hydrogen-bond acceptors (Lipinski definition) is 5. The van der Waals surface area contributed by atoms with Crippen molar-refractivity contribution in [3.05, 3.63) is 54.2 Å². The van der Waals surface area contributed by atoms with Gasteiger partial charge in [0.2, 0.25) is 10.0 Å². The number of aromatic nitrogens is 2. The zero-order valence-corrected chi connectivity index (χ0v) is 16.1. The minimum Gasteiger partial charge on any atom is -0.497 e. The Labute approximate surface area is 164 Å². The van der Waals surface area contributed by atoms with Crippen molar-refractivity contribution >= 4 is 10.0 Å². The maximum Gasteiger partial charge on any atom is 0.435 e. The monoisotopic (exact) mass is 427 g/mol. The fourth-order valence-electron chi connectivity index (χ4n) is 2.70. The number of sulfonamides is 1. The highest BCUT2D eigenvalue weighted by molar-refractivity contribution is 7.89. The van der Waals surface area contributed by atoms with E-state index in [1.807, 2.05) is 0 Å². The standard InChI is InChI=1S/C18H16F3N3O4S/c1-27-12-5-8-14(16(9-12)28-2)15-10-17(18(19,20)21)23-24(15)11-3-6-13(7-4-11)29(22,25)26/h3-10H,1-2H3,(H2,22,25,26). The highest BCUT2D eigenvalue weighted by Gasteiger charge is 2.35. The van der Waals surface area contributed by atoms with E-state index in [0.717, 1.165) is 10.7 Å². The Balaban J connectivity index is 2.22. The van der Waals surface area contributed by atoms with Crippen molar-refractivity contribution in [2.24, 2.45) is 5.14 Å². The van der Waals surface area contributed by atoms with E-state index in [2.05, 4.69) is 5.10 Å². The van der Waals surface area contributed by atoms with Crippen LogP contribution in [0.2, 0.25) is 0 Å². The zero-order chi connectivity index (χ0) is 21.4. The quantitative estimate of drug-likeness (QED) is 0.675. The second kappa shape index (κ2) is 7.41. The number of methoxy groups -OCH3 is 2. The van der Waals surface area contributed by atoms with Crippen molar-refractivity contribution in [1.29, 1.82) is 0 Å². The summed E-state index contributed by atoms with van der Waals surface area (Å²) in [6, 6.07) is 10.5. The van der Waals surface area contributed by atoms with Crippen molar-refractivity contribution < 1.29 is 31.1 Å². The van der Waals surface area contributed by atoms with Crippen molar-refractivity contribution in [2.75, 3.05) is 14.2 Å². The molecule has 0 saturated carbocycles. The Morgan fingerprint density at radius 3 is 2.17 bits per heavy atom. The van der Waals surface area contributed by atoms with E-state index in [1.165, 1.54) is 44.6 Å². The molecule has 1 heterocycles. The third-order valence-corrected chi connectivity index (χ3v) is 5.02. The first-order valence-corrected chi connectivity index (χ1v) is 9.62. The highest BCUT2D eigenvalue weighted by atomic mass is 32.2. The fourth-order valence-corrected chi connectivity index (χ4v) is 3.21. The molecule has 0 amide bonds. The average molecular weight is 427 g/mol. The van der Waals surface area contributed by atoms with Gasteiger partial charge in [0.25, 0.3) is 0 Å². The molecular weight excluding hydrogens is 411 g/mol. The molecular formula is C18H16F3N3O4S. The zero-order valence-electron chi connectivity index (χ0n) is 15.3.